The molecule has 30 heavy (non-hydrogen) atoms. The molecule has 1 aromatic carbocycles. The third-order valence-electron chi connectivity index (χ3n) is 5.44. The number of hydrogen-bond acceptors (Lipinski definition) is 6. The molecule has 0 unspecified atom stereocenters. The number of aromatic nitrogens is 3. The second-order valence-corrected chi connectivity index (χ2v) is 7.96. The van der Waals surface area contributed by atoms with Gasteiger partial charge in [0.1, 0.15) is 0 Å². The van der Waals surface area contributed by atoms with Crippen molar-refractivity contribution < 1.29 is 9.32 Å². The normalized spacial score (nSPS) is 16.5. The fourth-order valence-electron chi connectivity index (χ4n) is 3.92. The average Bonchev–Trinajstić information content (AvgIpc) is 3.20. The van der Waals surface area contributed by atoms with Crippen molar-refractivity contribution in [2.24, 2.45) is 0 Å². The summed E-state index contributed by atoms with van der Waals surface area (Å²) in [7, 11) is 3.83. The van der Waals surface area contributed by atoms with E-state index in [9.17, 15) is 4.79 Å². The van der Waals surface area contributed by atoms with E-state index in [0.717, 1.165) is 48.3 Å². The predicted molar refractivity (Wildman–Crippen MR) is 115 cm³/mol. The molecule has 7 heteroatoms. The second-order valence-electron chi connectivity index (χ2n) is 7.96. The van der Waals surface area contributed by atoms with E-state index in [1.807, 2.05) is 67.2 Å². The van der Waals surface area contributed by atoms with Crippen LogP contribution < -0.4 is 4.90 Å². The molecule has 0 bridgehead atoms. The molecule has 0 N–H and O–H groups in total. The number of carbonyl (C=O) groups excluding carboxylic acids is 1. The zero-order chi connectivity index (χ0) is 21.1. The SMILES string of the molecule is Cc1cc(-c2cnc(N(C)C)nc2[C@H]2CCCCN2C(=O)Cc2ccccc2)on1. The number of anilines is 1. The fraction of sp³-hybridized carbons (Fsp3) is 0.391. The van der Waals surface area contributed by atoms with Crippen LogP contribution in [0, 0.1) is 6.92 Å². The van der Waals surface area contributed by atoms with Crippen LogP contribution in [0.3, 0.4) is 0 Å². The van der Waals surface area contributed by atoms with Crippen LogP contribution in [0.4, 0.5) is 5.95 Å². The summed E-state index contributed by atoms with van der Waals surface area (Å²) >= 11 is 0. The molecule has 0 saturated carbocycles. The van der Waals surface area contributed by atoms with E-state index >= 15 is 0 Å². The largest absolute Gasteiger partial charge is 0.356 e. The Labute approximate surface area is 176 Å². The first kappa shape index (κ1) is 20.1. The summed E-state index contributed by atoms with van der Waals surface area (Å²) in [5.41, 5.74) is 3.44. The standard InChI is InChI=1S/C23H27N5O2/c1-16-13-20(30-26-16)18-15-24-23(27(2)3)25-22(18)19-11-7-8-12-28(19)21(29)14-17-9-5-4-6-10-17/h4-6,9-10,13,15,19H,7-8,11-12,14H2,1-3H3/t19-/m1/s1. The van der Waals surface area contributed by atoms with Crippen molar-refractivity contribution >= 4 is 11.9 Å². The van der Waals surface area contributed by atoms with Gasteiger partial charge in [0.15, 0.2) is 5.76 Å². The molecule has 1 saturated heterocycles. The van der Waals surface area contributed by atoms with Crippen LogP contribution in [-0.4, -0.2) is 46.6 Å². The third kappa shape index (κ3) is 4.20. The molecular weight excluding hydrogens is 378 g/mol. The van der Waals surface area contributed by atoms with Gasteiger partial charge in [0, 0.05) is 32.9 Å². The minimum Gasteiger partial charge on any atom is -0.356 e. The van der Waals surface area contributed by atoms with Crippen LogP contribution in [0.25, 0.3) is 11.3 Å². The molecule has 3 aromatic rings. The summed E-state index contributed by atoms with van der Waals surface area (Å²) < 4.78 is 5.53. The highest BCUT2D eigenvalue weighted by Crippen LogP contribution is 2.36. The number of amides is 1. The minimum atomic E-state index is -0.114. The Balaban J connectivity index is 1.72. The van der Waals surface area contributed by atoms with Gasteiger partial charge < -0.3 is 14.3 Å². The lowest BCUT2D eigenvalue weighted by molar-refractivity contribution is -0.134. The highest BCUT2D eigenvalue weighted by atomic mass is 16.5. The maximum atomic E-state index is 13.3. The number of hydrogen-bond donors (Lipinski definition) is 0. The van der Waals surface area contributed by atoms with Crippen molar-refractivity contribution in [3.05, 3.63) is 59.5 Å². The van der Waals surface area contributed by atoms with Crippen LogP contribution in [-0.2, 0) is 11.2 Å². The van der Waals surface area contributed by atoms with E-state index in [1.165, 1.54) is 0 Å². The maximum Gasteiger partial charge on any atom is 0.227 e. The van der Waals surface area contributed by atoms with Crippen molar-refractivity contribution in [1.82, 2.24) is 20.0 Å². The molecule has 4 rings (SSSR count). The van der Waals surface area contributed by atoms with Crippen molar-refractivity contribution in [2.45, 2.75) is 38.6 Å². The van der Waals surface area contributed by atoms with E-state index in [1.54, 1.807) is 6.20 Å². The van der Waals surface area contributed by atoms with Gasteiger partial charge in [-0.25, -0.2) is 9.97 Å². The maximum absolute atomic E-state index is 13.3. The number of carbonyl (C=O) groups is 1. The van der Waals surface area contributed by atoms with Gasteiger partial charge in [-0.1, -0.05) is 35.5 Å². The smallest absolute Gasteiger partial charge is 0.227 e. The Bertz CT molecular complexity index is 1020. The van der Waals surface area contributed by atoms with E-state index in [4.69, 9.17) is 9.51 Å². The molecular formula is C23H27N5O2. The zero-order valence-electron chi connectivity index (χ0n) is 17.7. The molecule has 1 fully saturated rings. The average molecular weight is 406 g/mol. The molecule has 1 amide bonds. The van der Waals surface area contributed by atoms with Crippen molar-refractivity contribution in [3.63, 3.8) is 0 Å². The molecule has 1 aliphatic heterocycles. The lowest BCUT2D eigenvalue weighted by Gasteiger charge is -2.36. The summed E-state index contributed by atoms with van der Waals surface area (Å²) in [6.07, 6.45) is 5.09. The molecule has 0 spiro atoms. The summed E-state index contributed by atoms with van der Waals surface area (Å²) in [6, 6.07) is 11.7. The number of benzene rings is 1. The first-order chi connectivity index (χ1) is 14.5. The van der Waals surface area contributed by atoms with Crippen molar-refractivity contribution in [2.75, 3.05) is 25.5 Å². The molecule has 0 aliphatic carbocycles. The van der Waals surface area contributed by atoms with Crippen molar-refractivity contribution in [3.8, 4) is 11.3 Å². The fourth-order valence-corrected chi connectivity index (χ4v) is 3.92. The summed E-state index contributed by atoms with van der Waals surface area (Å²) in [4.78, 5) is 26.4. The zero-order valence-corrected chi connectivity index (χ0v) is 17.7. The first-order valence-electron chi connectivity index (χ1n) is 10.3. The number of aryl methyl sites for hydroxylation is 1. The summed E-state index contributed by atoms with van der Waals surface area (Å²) in [6.45, 7) is 2.62. The van der Waals surface area contributed by atoms with Gasteiger partial charge in [-0.2, -0.15) is 0 Å². The monoisotopic (exact) mass is 405 g/mol. The van der Waals surface area contributed by atoms with E-state index in [2.05, 4.69) is 10.1 Å². The van der Waals surface area contributed by atoms with Crippen LogP contribution in [0.5, 0.6) is 0 Å². The third-order valence-corrected chi connectivity index (χ3v) is 5.44. The van der Waals surface area contributed by atoms with E-state index < -0.39 is 0 Å². The summed E-state index contributed by atoms with van der Waals surface area (Å²) in [5, 5.41) is 4.03. The van der Waals surface area contributed by atoms with Gasteiger partial charge >= 0.3 is 0 Å². The van der Waals surface area contributed by atoms with E-state index in [-0.39, 0.29) is 11.9 Å². The van der Waals surface area contributed by atoms with Gasteiger partial charge in [0.2, 0.25) is 11.9 Å². The van der Waals surface area contributed by atoms with Crippen LogP contribution in [0.2, 0.25) is 0 Å². The van der Waals surface area contributed by atoms with Gasteiger partial charge in [-0.05, 0) is 31.7 Å². The molecule has 156 valence electrons. The molecule has 3 heterocycles. The molecule has 1 aliphatic rings. The topological polar surface area (TPSA) is 75.4 Å². The second kappa shape index (κ2) is 8.65. The number of likely N-dealkylation sites (tertiary alicyclic amines) is 1. The Kier molecular flexibility index (Phi) is 5.79. The first-order valence-corrected chi connectivity index (χ1v) is 10.3. The lowest BCUT2D eigenvalue weighted by atomic mass is 9.95. The van der Waals surface area contributed by atoms with Crippen LogP contribution >= 0.6 is 0 Å². The molecule has 7 nitrogen and oxygen atoms in total. The Morgan fingerprint density at radius 2 is 2.03 bits per heavy atom. The number of piperidine rings is 1. The number of rotatable bonds is 5. The molecule has 0 radical (unpaired) electrons. The van der Waals surface area contributed by atoms with Crippen LogP contribution in [0.15, 0.2) is 47.1 Å². The van der Waals surface area contributed by atoms with Gasteiger partial charge in [-0.15, -0.1) is 0 Å². The molecule has 1 atom stereocenters. The Morgan fingerprint density at radius 3 is 2.73 bits per heavy atom. The number of nitrogens with zero attached hydrogens (tertiary/aromatic N) is 5. The van der Waals surface area contributed by atoms with Gasteiger partial charge in [-0.3, -0.25) is 4.79 Å². The van der Waals surface area contributed by atoms with Crippen molar-refractivity contribution in [1.29, 1.82) is 0 Å². The van der Waals surface area contributed by atoms with Crippen LogP contribution in [0.1, 0.15) is 42.3 Å². The quantitative estimate of drug-likeness (QED) is 0.643. The lowest BCUT2D eigenvalue weighted by Crippen LogP contribution is -2.40. The Morgan fingerprint density at radius 1 is 1.23 bits per heavy atom. The van der Waals surface area contributed by atoms with Gasteiger partial charge in [0.25, 0.3) is 0 Å². The highest BCUT2D eigenvalue weighted by molar-refractivity contribution is 5.79. The predicted octanol–water partition coefficient (Wildman–Crippen LogP) is 3.80. The molecule has 2 aromatic heterocycles. The summed E-state index contributed by atoms with van der Waals surface area (Å²) in [5.74, 6) is 1.37. The van der Waals surface area contributed by atoms with E-state index in [0.29, 0.717) is 18.1 Å². The minimum absolute atomic E-state index is 0.114. The highest BCUT2D eigenvalue weighted by Gasteiger charge is 2.32. The van der Waals surface area contributed by atoms with Gasteiger partial charge in [0.05, 0.1) is 29.4 Å². The Hall–Kier alpha value is -3.22.